The second kappa shape index (κ2) is 5.87. The molecule has 0 bridgehead atoms. The number of thiophene rings is 1. The summed E-state index contributed by atoms with van der Waals surface area (Å²) in [5.74, 6) is 0. The smallest absolute Gasteiger partial charge is 0.263 e. The van der Waals surface area contributed by atoms with Crippen molar-refractivity contribution in [3.8, 4) is 6.07 Å². The summed E-state index contributed by atoms with van der Waals surface area (Å²) in [5.41, 5.74) is 1.24. The van der Waals surface area contributed by atoms with Crippen molar-refractivity contribution in [2.45, 2.75) is 19.9 Å². The van der Waals surface area contributed by atoms with E-state index in [-0.39, 0.29) is 5.56 Å². The van der Waals surface area contributed by atoms with Crippen molar-refractivity contribution in [3.63, 3.8) is 0 Å². The van der Waals surface area contributed by atoms with E-state index in [1.165, 1.54) is 4.57 Å². The van der Waals surface area contributed by atoms with E-state index in [2.05, 4.69) is 18.0 Å². The Labute approximate surface area is 136 Å². The minimum atomic E-state index is -0.109. The Morgan fingerprint density at radius 2 is 2.18 bits per heavy atom. The van der Waals surface area contributed by atoms with Crippen molar-refractivity contribution in [1.29, 1.82) is 5.26 Å². The van der Waals surface area contributed by atoms with Gasteiger partial charge in [-0.2, -0.15) is 5.26 Å². The van der Waals surface area contributed by atoms with Crippen molar-refractivity contribution < 1.29 is 0 Å². The first-order valence-electron chi connectivity index (χ1n) is 6.87. The van der Waals surface area contributed by atoms with Gasteiger partial charge in [-0.05, 0) is 36.3 Å². The first-order valence-corrected chi connectivity index (χ1v) is 8.10. The van der Waals surface area contributed by atoms with Crippen LogP contribution in [0.25, 0.3) is 10.2 Å². The number of hydrogen-bond acceptors (Lipinski definition) is 4. The molecule has 2 aromatic heterocycles. The largest absolute Gasteiger partial charge is 0.323 e. The van der Waals surface area contributed by atoms with E-state index in [1.54, 1.807) is 23.5 Å². The number of benzene rings is 1. The maximum Gasteiger partial charge on any atom is 0.263 e. The molecular formula is C16H13N3OS2. The van der Waals surface area contributed by atoms with Crippen LogP contribution in [0.5, 0.6) is 0 Å². The van der Waals surface area contributed by atoms with E-state index in [9.17, 15) is 10.1 Å². The maximum atomic E-state index is 12.7. The summed E-state index contributed by atoms with van der Waals surface area (Å²) in [6, 6.07) is 11.3. The molecule has 0 atom stereocenters. The van der Waals surface area contributed by atoms with Crippen LogP contribution >= 0.6 is 23.6 Å². The van der Waals surface area contributed by atoms with Gasteiger partial charge in [0.25, 0.3) is 5.56 Å². The number of rotatable bonds is 3. The Morgan fingerprint density at radius 1 is 1.41 bits per heavy atom. The zero-order valence-electron chi connectivity index (χ0n) is 11.9. The quantitative estimate of drug-likeness (QED) is 0.748. The molecule has 0 amide bonds. The summed E-state index contributed by atoms with van der Waals surface area (Å²) in [4.78, 5) is 17.8. The predicted molar refractivity (Wildman–Crippen MR) is 90.9 cm³/mol. The third kappa shape index (κ3) is 2.49. The molecule has 0 unspecified atom stereocenters. The molecule has 0 aliphatic carbocycles. The van der Waals surface area contributed by atoms with Crippen LogP contribution in [0.4, 0.5) is 0 Å². The number of H-pyrrole nitrogens is 1. The molecule has 0 fully saturated rings. The first kappa shape index (κ1) is 14.7. The van der Waals surface area contributed by atoms with Gasteiger partial charge in [-0.15, -0.1) is 11.3 Å². The van der Waals surface area contributed by atoms with Gasteiger partial charge >= 0.3 is 0 Å². The molecule has 0 aliphatic rings. The van der Waals surface area contributed by atoms with Crippen LogP contribution in [0.3, 0.4) is 0 Å². The highest BCUT2D eigenvalue weighted by atomic mass is 32.1. The summed E-state index contributed by atoms with van der Waals surface area (Å²) < 4.78 is 1.90. The normalized spacial score (nSPS) is 10.7. The molecule has 0 spiro atoms. The lowest BCUT2D eigenvalue weighted by atomic mass is 10.1. The van der Waals surface area contributed by atoms with E-state index < -0.39 is 0 Å². The van der Waals surface area contributed by atoms with Gasteiger partial charge in [0, 0.05) is 4.88 Å². The molecule has 3 aromatic rings. The number of fused-ring (bicyclic) bond motifs is 1. The highest BCUT2D eigenvalue weighted by molar-refractivity contribution is 7.71. The topological polar surface area (TPSA) is 61.6 Å². The van der Waals surface area contributed by atoms with Crippen LogP contribution in [-0.2, 0) is 13.0 Å². The minimum Gasteiger partial charge on any atom is -0.323 e. The maximum absolute atomic E-state index is 12.7. The lowest BCUT2D eigenvalue weighted by Gasteiger charge is -2.07. The monoisotopic (exact) mass is 327 g/mol. The van der Waals surface area contributed by atoms with Crippen molar-refractivity contribution in [1.82, 2.24) is 9.55 Å². The number of nitrogens with zero attached hydrogens (tertiary/aromatic N) is 2. The summed E-state index contributed by atoms with van der Waals surface area (Å²) in [6.07, 6.45) is 0.886. The van der Waals surface area contributed by atoms with Crippen molar-refractivity contribution >= 4 is 33.8 Å². The van der Waals surface area contributed by atoms with E-state index >= 15 is 0 Å². The number of aromatic amines is 1. The van der Waals surface area contributed by atoms with Crippen molar-refractivity contribution in [3.05, 3.63) is 61.5 Å². The molecule has 0 saturated heterocycles. The number of aromatic nitrogens is 2. The van der Waals surface area contributed by atoms with Crippen LogP contribution in [-0.4, -0.2) is 9.55 Å². The lowest BCUT2D eigenvalue weighted by molar-refractivity contribution is 0.734. The zero-order valence-corrected chi connectivity index (χ0v) is 13.6. The number of aryl methyl sites for hydroxylation is 1. The molecular weight excluding hydrogens is 314 g/mol. The van der Waals surface area contributed by atoms with Crippen LogP contribution in [0, 0.1) is 16.1 Å². The Kier molecular flexibility index (Phi) is 3.92. The van der Waals surface area contributed by atoms with Crippen molar-refractivity contribution in [2.75, 3.05) is 0 Å². The van der Waals surface area contributed by atoms with Gasteiger partial charge in [-0.1, -0.05) is 25.1 Å². The molecule has 0 aliphatic heterocycles. The SMILES string of the molecule is CCc1cc2c(=O)n(Cc3ccccc3C#N)c(=S)[nH]c2s1. The summed E-state index contributed by atoms with van der Waals surface area (Å²) in [6.45, 7) is 2.35. The molecule has 3 rings (SSSR count). The van der Waals surface area contributed by atoms with Crippen LogP contribution in [0.2, 0.25) is 0 Å². The van der Waals surface area contributed by atoms with Gasteiger partial charge < -0.3 is 4.98 Å². The lowest BCUT2D eigenvalue weighted by Crippen LogP contribution is -2.22. The van der Waals surface area contributed by atoms with E-state index in [0.29, 0.717) is 22.3 Å². The van der Waals surface area contributed by atoms with Crippen LogP contribution in [0.15, 0.2) is 35.1 Å². The van der Waals surface area contributed by atoms with E-state index in [0.717, 1.165) is 21.7 Å². The fourth-order valence-electron chi connectivity index (χ4n) is 2.35. The van der Waals surface area contributed by atoms with Gasteiger partial charge in [0.05, 0.1) is 23.6 Å². The standard InChI is InChI=1S/C16H13N3OS2/c1-2-12-7-13-14(22-12)18-16(21)19(15(13)20)9-11-6-4-3-5-10(11)8-17/h3-7H,2,9H2,1H3,(H,18,21). The average Bonchev–Trinajstić information content (AvgIpc) is 2.95. The van der Waals surface area contributed by atoms with Gasteiger partial charge in [-0.3, -0.25) is 9.36 Å². The number of hydrogen-bond donors (Lipinski definition) is 1. The zero-order chi connectivity index (χ0) is 15.7. The minimum absolute atomic E-state index is 0.109. The highest BCUT2D eigenvalue weighted by Gasteiger charge is 2.11. The van der Waals surface area contributed by atoms with E-state index in [1.807, 2.05) is 18.2 Å². The fourth-order valence-corrected chi connectivity index (χ4v) is 3.65. The molecule has 2 heterocycles. The van der Waals surface area contributed by atoms with Crippen LogP contribution < -0.4 is 5.56 Å². The molecule has 6 heteroatoms. The summed E-state index contributed by atoms with van der Waals surface area (Å²) >= 11 is 6.88. The Balaban J connectivity index is 2.17. The van der Waals surface area contributed by atoms with Crippen molar-refractivity contribution in [2.24, 2.45) is 0 Å². The molecule has 1 N–H and O–H groups in total. The third-order valence-corrected chi connectivity index (χ3v) is 5.06. The van der Waals surface area contributed by atoms with Gasteiger partial charge in [-0.25, -0.2) is 0 Å². The predicted octanol–water partition coefficient (Wildman–Crippen LogP) is 3.60. The fraction of sp³-hybridized carbons (Fsp3) is 0.188. The highest BCUT2D eigenvalue weighted by Crippen LogP contribution is 2.21. The molecule has 110 valence electrons. The Bertz CT molecular complexity index is 1000. The number of nitriles is 1. The van der Waals surface area contributed by atoms with Gasteiger partial charge in [0.2, 0.25) is 0 Å². The Hall–Kier alpha value is -2.23. The molecule has 1 aromatic carbocycles. The van der Waals surface area contributed by atoms with Gasteiger partial charge in [0.1, 0.15) is 4.83 Å². The Morgan fingerprint density at radius 3 is 2.91 bits per heavy atom. The molecule has 0 radical (unpaired) electrons. The molecule has 4 nitrogen and oxygen atoms in total. The first-order chi connectivity index (χ1) is 10.6. The average molecular weight is 327 g/mol. The van der Waals surface area contributed by atoms with Crippen LogP contribution in [0.1, 0.15) is 22.9 Å². The second-order valence-electron chi connectivity index (χ2n) is 4.90. The van der Waals surface area contributed by atoms with Gasteiger partial charge in [0.15, 0.2) is 4.77 Å². The molecule has 22 heavy (non-hydrogen) atoms. The molecule has 0 saturated carbocycles. The third-order valence-electron chi connectivity index (χ3n) is 3.54. The number of nitrogens with one attached hydrogen (secondary N) is 1. The summed E-state index contributed by atoms with van der Waals surface area (Å²) in [5, 5.41) is 9.83. The van der Waals surface area contributed by atoms with E-state index in [4.69, 9.17) is 12.2 Å². The summed E-state index contributed by atoms with van der Waals surface area (Å²) in [7, 11) is 0. The second-order valence-corrected chi connectivity index (χ2v) is 6.42.